The molecule has 1 atom stereocenters. The van der Waals surface area contributed by atoms with Crippen LogP contribution in [0.25, 0.3) is 0 Å². The number of carboxylic acid groups (broad SMARTS) is 1. The van der Waals surface area contributed by atoms with Gasteiger partial charge in [-0.3, -0.25) is 9.59 Å². The predicted molar refractivity (Wildman–Crippen MR) is 78.8 cm³/mol. The Bertz CT molecular complexity index is 494. The lowest BCUT2D eigenvalue weighted by Crippen LogP contribution is -2.34. The minimum Gasteiger partial charge on any atom is -0.481 e. The summed E-state index contributed by atoms with van der Waals surface area (Å²) >= 11 is 0. The van der Waals surface area contributed by atoms with E-state index in [1.165, 1.54) is 0 Å². The molecular weight excluding hydrogens is 254 g/mol. The fourth-order valence-corrected chi connectivity index (χ4v) is 2.22. The van der Waals surface area contributed by atoms with E-state index in [0.29, 0.717) is 12.0 Å². The fourth-order valence-electron chi connectivity index (χ4n) is 2.22. The Hall–Kier alpha value is -1.84. The molecule has 0 aliphatic carbocycles. The number of carboxylic acids is 1. The van der Waals surface area contributed by atoms with E-state index in [4.69, 9.17) is 5.11 Å². The van der Waals surface area contributed by atoms with Crippen molar-refractivity contribution in [3.63, 3.8) is 0 Å². The number of amides is 1. The normalized spacial score (nSPS) is 12.2. The van der Waals surface area contributed by atoms with Crippen LogP contribution in [0.1, 0.15) is 41.8 Å². The number of carbonyl (C=O) groups is 2. The van der Waals surface area contributed by atoms with E-state index in [-0.39, 0.29) is 18.4 Å². The summed E-state index contributed by atoms with van der Waals surface area (Å²) in [7, 11) is 0. The molecule has 1 rings (SSSR count). The first-order valence-electron chi connectivity index (χ1n) is 6.89. The molecule has 0 aromatic heterocycles. The molecule has 0 aliphatic heterocycles. The van der Waals surface area contributed by atoms with E-state index in [2.05, 4.69) is 5.32 Å². The van der Waals surface area contributed by atoms with Gasteiger partial charge in [-0.15, -0.1) is 0 Å². The number of rotatable bonds is 6. The summed E-state index contributed by atoms with van der Waals surface area (Å²) in [6.07, 6.45) is 0.558. The van der Waals surface area contributed by atoms with Crippen LogP contribution < -0.4 is 5.32 Å². The van der Waals surface area contributed by atoms with E-state index in [0.717, 1.165) is 11.1 Å². The number of nitrogens with one attached hydrogen (secondary N) is 1. The zero-order valence-electron chi connectivity index (χ0n) is 12.6. The molecular formula is C16H23NO3. The number of carbonyl (C=O) groups excluding carboxylic acids is 1. The smallest absolute Gasteiger partial charge is 0.308 e. The van der Waals surface area contributed by atoms with E-state index >= 15 is 0 Å². The average Bonchev–Trinajstić information content (AvgIpc) is 2.33. The zero-order chi connectivity index (χ0) is 15.3. The lowest BCUT2D eigenvalue weighted by Gasteiger charge is -2.16. The molecule has 0 radical (unpaired) electrons. The van der Waals surface area contributed by atoms with Crippen LogP contribution in [0, 0.1) is 25.7 Å². The summed E-state index contributed by atoms with van der Waals surface area (Å²) in [5.74, 6) is -1.32. The SMILES string of the molecule is Cc1ccc(C(=O)NCC(CC(C)C)C(=O)O)c(C)c1. The molecule has 1 aromatic carbocycles. The van der Waals surface area contributed by atoms with Gasteiger partial charge < -0.3 is 10.4 Å². The monoisotopic (exact) mass is 277 g/mol. The van der Waals surface area contributed by atoms with Crippen molar-refractivity contribution < 1.29 is 14.7 Å². The molecule has 0 fully saturated rings. The summed E-state index contributed by atoms with van der Waals surface area (Å²) in [5.41, 5.74) is 2.60. The van der Waals surface area contributed by atoms with Gasteiger partial charge in [0.15, 0.2) is 0 Å². The quantitative estimate of drug-likeness (QED) is 0.840. The molecule has 0 bridgehead atoms. The topological polar surface area (TPSA) is 66.4 Å². The van der Waals surface area contributed by atoms with Crippen LogP contribution in [0.4, 0.5) is 0 Å². The maximum atomic E-state index is 12.1. The molecule has 2 N–H and O–H groups in total. The lowest BCUT2D eigenvalue weighted by molar-refractivity contribution is -0.142. The van der Waals surface area contributed by atoms with Crippen LogP contribution in [0.2, 0.25) is 0 Å². The molecule has 0 aliphatic rings. The van der Waals surface area contributed by atoms with E-state index < -0.39 is 11.9 Å². The van der Waals surface area contributed by atoms with Gasteiger partial charge in [0, 0.05) is 12.1 Å². The Morgan fingerprint density at radius 3 is 2.40 bits per heavy atom. The Kier molecular flexibility index (Phi) is 5.74. The van der Waals surface area contributed by atoms with E-state index in [1.807, 2.05) is 39.8 Å². The molecule has 1 unspecified atom stereocenters. The second kappa shape index (κ2) is 7.08. The Morgan fingerprint density at radius 1 is 1.25 bits per heavy atom. The van der Waals surface area contributed by atoms with Crippen molar-refractivity contribution in [1.29, 1.82) is 0 Å². The van der Waals surface area contributed by atoms with Crippen molar-refractivity contribution in [1.82, 2.24) is 5.32 Å². The maximum Gasteiger partial charge on any atom is 0.308 e. The van der Waals surface area contributed by atoms with E-state index in [9.17, 15) is 9.59 Å². The third-order valence-electron chi connectivity index (χ3n) is 3.24. The molecule has 110 valence electrons. The summed E-state index contributed by atoms with van der Waals surface area (Å²) in [4.78, 5) is 23.2. The molecule has 4 heteroatoms. The summed E-state index contributed by atoms with van der Waals surface area (Å²) in [6.45, 7) is 7.96. The van der Waals surface area contributed by atoms with Crippen molar-refractivity contribution in [2.24, 2.45) is 11.8 Å². The van der Waals surface area contributed by atoms with Crippen LogP contribution in [-0.4, -0.2) is 23.5 Å². The summed E-state index contributed by atoms with van der Waals surface area (Å²) < 4.78 is 0. The first kappa shape index (κ1) is 16.2. The first-order valence-corrected chi connectivity index (χ1v) is 6.89. The van der Waals surface area contributed by atoms with Crippen LogP contribution in [0.3, 0.4) is 0 Å². The average molecular weight is 277 g/mol. The van der Waals surface area contributed by atoms with Gasteiger partial charge in [-0.1, -0.05) is 31.5 Å². The Labute approximate surface area is 120 Å². The number of aryl methyl sites for hydroxylation is 2. The number of aliphatic carboxylic acids is 1. The second-order valence-electron chi connectivity index (χ2n) is 5.69. The lowest BCUT2D eigenvalue weighted by atomic mass is 9.97. The highest BCUT2D eigenvalue weighted by molar-refractivity contribution is 5.95. The van der Waals surface area contributed by atoms with Gasteiger partial charge in [-0.2, -0.15) is 0 Å². The van der Waals surface area contributed by atoms with Gasteiger partial charge in [0.05, 0.1) is 5.92 Å². The number of hydrogen-bond acceptors (Lipinski definition) is 2. The summed E-state index contributed by atoms with van der Waals surface area (Å²) in [5, 5.41) is 11.9. The highest BCUT2D eigenvalue weighted by Gasteiger charge is 2.20. The molecule has 0 spiro atoms. The molecule has 1 amide bonds. The van der Waals surface area contributed by atoms with Crippen LogP contribution in [0.15, 0.2) is 18.2 Å². The second-order valence-corrected chi connectivity index (χ2v) is 5.69. The van der Waals surface area contributed by atoms with Crippen molar-refractivity contribution >= 4 is 11.9 Å². The minimum absolute atomic E-state index is 0.166. The highest BCUT2D eigenvalue weighted by Crippen LogP contribution is 2.13. The number of benzene rings is 1. The van der Waals surface area contributed by atoms with Gasteiger partial charge >= 0.3 is 5.97 Å². The van der Waals surface area contributed by atoms with Gasteiger partial charge in [-0.25, -0.2) is 0 Å². The molecule has 20 heavy (non-hydrogen) atoms. The predicted octanol–water partition coefficient (Wildman–Crippen LogP) is 2.78. The van der Waals surface area contributed by atoms with Crippen molar-refractivity contribution in [2.45, 2.75) is 34.1 Å². The minimum atomic E-state index is -0.861. The van der Waals surface area contributed by atoms with E-state index in [1.54, 1.807) is 6.07 Å². The molecule has 0 heterocycles. The van der Waals surface area contributed by atoms with Crippen molar-refractivity contribution in [3.05, 3.63) is 34.9 Å². The third kappa shape index (κ3) is 4.68. The Morgan fingerprint density at radius 2 is 1.90 bits per heavy atom. The standard InChI is InChI=1S/C16H23NO3/c1-10(2)7-13(16(19)20)9-17-15(18)14-6-5-11(3)8-12(14)4/h5-6,8,10,13H,7,9H2,1-4H3,(H,17,18)(H,19,20). The molecule has 0 saturated carbocycles. The Balaban J connectivity index is 2.68. The first-order chi connectivity index (χ1) is 9.31. The van der Waals surface area contributed by atoms with Crippen molar-refractivity contribution in [3.8, 4) is 0 Å². The molecule has 1 aromatic rings. The third-order valence-corrected chi connectivity index (χ3v) is 3.24. The van der Waals surface area contributed by atoms with Gasteiger partial charge in [0.2, 0.25) is 0 Å². The van der Waals surface area contributed by atoms with Crippen LogP contribution in [-0.2, 0) is 4.79 Å². The van der Waals surface area contributed by atoms with Crippen LogP contribution in [0.5, 0.6) is 0 Å². The molecule has 4 nitrogen and oxygen atoms in total. The molecule has 0 saturated heterocycles. The van der Waals surface area contributed by atoms with Gasteiger partial charge in [0.25, 0.3) is 5.91 Å². The summed E-state index contributed by atoms with van der Waals surface area (Å²) in [6, 6.07) is 5.60. The maximum absolute atomic E-state index is 12.1. The van der Waals surface area contributed by atoms with Crippen molar-refractivity contribution in [2.75, 3.05) is 6.54 Å². The zero-order valence-corrected chi connectivity index (χ0v) is 12.6. The van der Waals surface area contributed by atoms with Crippen LogP contribution >= 0.6 is 0 Å². The van der Waals surface area contributed by atoms with Gasteiger partial charge in [-0.05, 0) is 37.8 Å². The largest absolute Gasteiger partial charge is 0.481 e. The fraction of sp³-hybridized carbons (Fsp3) is 0.500. The number of hydrogen-bond donors (Lipinski definition) is 2. The van der Waals surface area contributed by atoms with Gasteiger partial charge in [0.1, 0.15) is 0 Å². The highest BCUT2D eigenvalue weighted by atomic mass is 16.4.